The molecule has 2 amide bonds. The van der Waals surface area contributed by atoms with Gasteiger partial charge in [-0.25, -0.2) is 4.39 Å². The molecule has 1 saturated heterocycles. The van der Waals surface area contributed by atoms with E-state index in [1.165, 1.54) is 18.6 Å². The Labute approximate surface area is 149 Å². The maximum absolute atomic E-state index is 13.9. The molecule has 26 heavy (non-hydrogen) atoms. The smallest absolute Gasteiger partial charge is 0.270 e. The molecule has 0 radical (unpaired) electrons. The second kappa shape index (κ2) is 6.33. The highest BCUT2D eigenvalue weighted by Crippen LogP contribution is 2.25. The lowest BCUT2D eigenvalue weighted by Gasteiger charge is -2.39. The van der Waals surface area contributed by atoms with E-state index in [1.54, 1.807) is 23.1 Å². The third-order valence-electron chi connectivity index (χ3n) is 4.77. The van der Waals surface area contributed by atoms with Crippen LogP contribution in [-0.4, -0.2) is 41.3 Å². The molecule has 6 nitrogen and oxygen atoms in total. The molecule has 0 aliphatic carbocycles. The van der Waals surface area contributed by atoms with Gasteiger partial charge in [-0.2, -0.15) is 0 Å². The summed E-state index contributed by atoms with van der Waals surface area (Å²) in [5, 5.41) is 3.55. The van der Waals surface area contributed by atoms with Gasteiger partial charge >= 0.3 is 0 Å². The highest BCUT2D eigenvalue weighted by molar-refractivity contribution is 5.99. The van der Waals surface area contributed by atoms with E-state index in [0.29, 0.717) is 36.4 Å². The van der Waals surface area contributed by atoms with E-state index in [4.69, 9.17) is 4.42 Å². The number of carbonyl (C=O) groups is 2. The molecule has 7 heteroatoms. The first kappa shape index (κ1) is 16.4. The fraction of sp³-hybridized carbons (Fsp3) is 0.263. The number of H-pyrrole nitrogens is 1. The topological polar surface area (TPSA) is 78.3 Å². The van der Waals surface area contributed by atoms with Gasteiger partial charge in [0.05, 0.1) is 17.3 Å². The fourth-order valence-electron chi connectivity index (χ4n) is 3.21. The average Bonchev–Trinajstić information content (AvgIpc) is 3.26. The Balaban J connectivity index is 1.35. The lowest BCUT2D eigenvalue weighted by atomic mass is 9.99. The van der Waals surface area contributed by atoms with Crippen molar-refractivity contribution in [2.24, 2.45) is 5.92 Å². The average molecular weight is 355 g/mol. The number of likely N-dealkylation sites (tertiary alicyclic amines) is 1. The Kier molecular flexibility index (Phi) is 3.99. The minimum Gasteiger partial charge on any atom is -0.472 e. The minimum atomic E-state index is -0.368. The van der Waals surface area contributed by atoms with Crippen LogP contribution in [0.25, 0.3) is 10.9 Å². The van der Waals surface area contributed by atoms with Gasteiger partial charge in [0.15, 0.2) is 0 Å². The van der Waals surface area contributed by atoms with Gasteiger partial charge in [-0.05, 0) is 30.7 Å². The van der Waals surface area contributed by atoms with Crippen molar-refractivity contribution in [3.05, 3.63) is 59.4 Å². The summed E-state index contributed by atoms with van der Waals surface area (Å²) in [6.45, 7) is 3.49. The monoisotopic (exact) mass is 355 g/mol. The van der Waals surface area contributed by atoms with Crippen LogP contribution in [0.1, 0.15) is 26.4 Å². The van der Waals surface area contributed by atoms with E-state index < -0.39 is 0 Å². The Hall–Kier alpha value is -3.09. The zero-order chi connectivity index (χ0) is 18.3. The number of hydrogen-bond acceptors (Lipinski definition) is 3. The third kappa shape index (κ3) is 2.85. The molecule has 1 aliphatic rings. The number of benzene rings is 1. The molecule has 2 aromatic heterocycles. The van der Waals surface area contributed by atoms with E-state index in [0.717, 1.165) is 10.9 Å². The second-order valence-electron chi connectivity index (χ2n) is 6.63. The Bertz CT molecular complexity index is 932. The van der Waals surface area contributed by atoms with E-state index in [-0.39, 0.29) is 23.5 Å². The quantitative estimate of drug-likeness (QED) is 0.755. The maximum Gasteiger partial charge on any atom is 0.270 e. The van der Waals surface area contributed by atoms with Gasteiger partial charge in [-0.3, -0.25) is 9.59 Å². The summed E-state index contributed by atoms with van der Waals surface area (Å²) in [4.78, 5) is 29.0. The summed E-state index contributed by atoms with van der Waals surface area (Å²) in [6, 6.07) is 6.39. The summed E-state index contributed by atoms with van der Waals surface area (Å²) >= 11 is 0. The molecule has 134 valence electrons. The number of fused-ring (bicyclic) bond motifs is 1. The van der Waals surface area contributed by atoms with Crippen LogP contribution in [0.2, 0.25) is 0 Å². The number of aromatic amines is 1. The number of nitrogens with zero attached hydrogens (tertiary/aromatic N) is 1. The van der Waals surface area contributed by atoms with Gasteiger partial charge in [-0.1, -0.05) is 6.07 Å². The van der Waals surface area contributed by atoms with Crippen molar-refractivity contribution in [1.82, 2.24) is 15.2 Å². The zero-order valence-corrected chi connectivity index (χ0v) is 14.2. The largest absolute Gasteiger partial charge is 0.472 e. The normalized spacial score (nSPS) is 14.5. The van der Waals surface area contributed by atoms with Crippen LogP contribution in [0, 0.1) is 18.7 Å². The lowest BCUT2D eigenvalue weighted by Crippen LogP contribution is -2.53. The molecule has 0 unspecified atom stereocenters. The second-order valence-corrected chi connectivity index (χ2v) is 6.63. The van der Waals surface area contributed by atoms with Gasteiger partial charge < -0.3 is 19.6 Å². The number of nitrogens with one attached hydrogen (secondary N) is 2. The summed E-state index contributed by atoms with van der Waals surface area (Å²) in [5.74, 6) is -0.506. The van der Waals surface area contributed by atoms with Gasteiger partial charge in [0.2, 0.25) is 0 Å². The van der Waals surface area contributed by atoms with Crippen LogP contribution >= 0.6 is 0 Å². The first-order valence-electron chi connectivity index (χ1n) is 8.40. The molecule has 0 bridgehead atoms. The molecule has 0 atom stereocenters. The Morgan fingerprint density at radius 2 is 2.15 bits per heavy atom. The van der Waals surface area contributed by atoms with Crippen LogP contribution in [-0.2, 0) is 0 Å². The summed E-state index contributed by atoms with van der Waals surface area (Å²) in [5.41, 5.74) is 2.14. The molecule has 2 N–H and O–H groups in total. The van der Waals surface area contributed by atoms with Crippen molar-refractivity contribution in [3.8, 4) is 0 Å². The molecular formula is C19H18FN3O3. The van der Waals surface area contributed by atoms with Crippen LogP contribution in [0.3, 0.4) is 0 Å². The molecule has 3 heterocycles. The van der Waals surface area contributed by atoms with E-state index in [2.05, 4.69) is 10.3 Å². The number of halogens is 1. The number of aromatic nitrogens is 1. The predicted octanol–water partition coefficient (Wildman–Crippen LogP) is 2.71. The molecule has 0 spiro atoms. The van der Waals surface area contributed by atoms with Gasteiger partial charge in [0.1, 0.15) is 17.8 Å². The van der Waals surface area contributed by atoms with Crippen LogP contribution in [0.5, 0.6) is 0 Å². The van der Waals surface area contributed by atoms with E-state index >= 15 is 0 Å². The molecule has 1 aliphatic heterocycles. The number of aryl methyl sites for hydroxylation is 1. The number of amides is 2. The van der Waals surface area contributed by atoms with Crippen molar-refractivity contribution in [2.45, 2.75) is 6.92 Å². The maximum atomic E-state index is 13.9. The van der Waals surface area contributed by atoms with E-state index in [9.17, 15) is 14.0 Å². The Morgan fingerprint density at radius 3 is 2.85 bits per heavy atom. The first-order chi connectivity index (χ1) is 12.5. The molecule has 0 saturated carbocycles. The number of hydrogen-bond donors (Lipinski definition) is 2. The SMILES string of the molecule is Cc1ccc(F)c2[nH]c(C(=O)N3CC(CNC(=O)c4ccoc4)C3)cc12. The van der Waals surface area contributed by atoms with Crippen molar-refractivity contribution in [1.29, 1.82) is 0 Å². The van der Waals surface area contributed by atoms with E-state index in [1.807, 2.05) is 6.92 Å². The highest BCUT2D eigenvalue weighted by atomic mass is 19.1. The lowest BCUT2D eigenvalue weighted by molar-refractivity contribution is 0.0493. The molecular weight excluding hydrogens is 337 g/mol. The third-order valence-corrected chi connectivity index (χ3v) is 4.77. The van der Waals surface area contributed by atoms with Crippen molar-refractivity contribution in [3.63, 3.8) is 0 Å². The first-order valence-corrected chi connectivity index (χ1v) is 8.40. The van der Waals surface area contributed by atoms with Gasteiger partial charge in [0.25, 0.3) is 11.8 Å². The Morgan fingerprint density at radius 1 is 1.35 bits per heavy atom. The zero-order valence-electron chi connectivity index (χ0n) is 14.2. The minimum absolute atomic E-state index is 0.155. The van der Waals surface area contributed by atoms with Gasteiger partial charge in [0, 0.05) is 30.9 Å². The highest BCUT2D eigenvalue weighted by Gasteiger charge is 2.32. The standard InChI is InChI=1S/C19H18FN3O3/c1-11-2-3-15(20)17-14(11)6-16(22-17)19(25)23-8-12(9-23)7-21-18(24)13-4-5-26-10-13/h2-6,10,12,22H,7-9H2,1H3,(H,21,24). The molecule has 1 fully saturated rings. The number of rotatable bonds is 4. The number of furan rings is 1. The van der Waals surface area contributed by atoms with Crippen molar-refractivity contribution < 1.29 is 18.4 Å². The van der Waals surface area contributed by atoms with Crippen LogP contribution in [0.4, 0.5) is 4.39 Å². The number of carbonyl (C=O) groups excluding carboxylic acids is 2. The molecule has 1 aromatic carbocycles. The van der Waals surface area contributed by atoms with Crippen LogP contribution in [0.15, 0.2) is 41.2 Å². The van der Waals surface area contributed by atoms with Gasteiger partial charge in [-0.15, -0.1) is 0 Å². The summed E-state index contributed by atoms with van der Waals surface area (Å²) < 4.78 is 18.8. The summed E-state index contributed by atoms with van der Waals surface area (Å²) in [6.07, 6.45) is 2.84. The fourth-order valence-corrected chi connectivity index (χ4v) is 3.21. The molecule has 3 aromatic rings. The van der Waals surface area contributed by atoms with Crippen molar-refractivity contribution >= 4 is 22.7 Å². The molecule has 4 rings (SSSR count). The van der Waals surface area contributed by atoms with Crippen LogP contribution < -0.4 is 5.32 Å². The van der Waals surface area contributed by atoms with Crippen molar-refractivity contribution in [2.75, 3.05) is 19.6 Å². The summed E-state index contributed by atoms with van der Waals surface area (Å²) in [7, 11) is 0. The predicted molar refractivity (Wildman–Crippen MR) is 93.4 cm³/mol.